The highest BCUT2D eigenvalue weighted by molar-refractivity contribution is 5.20. The second kappa shape index (κ2) is 2.60. The zero-order valence-electron chi connectivity index (χ0n) is 8.88. The first-order valence-electron chi connectivity index (χ1n) is 5.44. The highest BCUT2D eigenvalue weighted by atomic mass is 15.1. The molecule has 14 heavy (non-hydrogen) atoms. The maximum absolute atomic E-state index is 4.48. The van der Waals surface area contributed by atoms with Gasteiger partial charge in [0, 0.05) is 31.2 Å². The molecule has 76 valence electrons. The van der Waals surface area contributed by atoms with Crippen molar-refractivity contribution in [1.29, 1.82) is 0 Å². The first-order chi connectivity index (χ1) is 6.68. The van der Waals surface area contributed by atoms with Gasteiger partial charge in [0.2, 0.25) is 0 Å². The minimum Gasteiger partial charge on any atom is -0.331 e. The smallest absolute Gasteiger partial charge is 0.0955 e. The van der Waals surface area contributed by atoms with Crippen molar-refractivity contribution in [3.8, 4) is 0 Å². The Morgan fingerprint density at radius 2 is 2.36 bits per heavy atom. The van der Waals surface area contributed by atoms with Crippen LogP contribution in [0.25, 0.3) is 0 Å². The SMILES string of the molecule is CC1(C)CC1n1cnc2c1CCNC2. The van der Waals surface area contributed by atoms with E-state index in [0.29, 0.717) is 11.5 Å². The quantitative estimate of drug-likeness (QED) is 0.729. The molecule has 1 aliphatic heterocycles. The Morgan fingerprint density at radius 3 is 3.07 bits per heavy atom. The number of rotatable bonds is 1. The molecule has 1 fully saturated rings. The summed E-state index contributed by atoms with van der Waals surface area (Å²) >= 11 is 0. The van der Waals surface area contributed by atoms with Gasteiger partial charge in [0.05, 0.1) is 12.0 Å². The van der Waals surface area contributed by atoms with E-state index in [4.69, 9.17) is 0 Å². The van der Waals surface area contributed by atoms with E-state index in [-0.39, 0.29) is 0 Å². The molecule has 1 atom stereocenters. The molecule has 2 aliphatic rings. The Bertz CT molecular complexity index is 365. The minimum atomic E-state index is 0.499. The Balaban J connectivity index is 1.96. The van der Waals surface area contributed by atoms with Crippen LogP contribution in [-0.2, 0) is 13.0 Å². The topological polar surface area (TPSA) is 29.9 Å². The predicted molar refractivity (Wildman–Crippen MR) is 55.1 cm³/mol. The van der Waals surface area contributed by atoms with Crippen LogP contribution in [0.2, 0.25) is 0 Å². The maximum Gasteiger partial charge on any atom is 0.0955 e. The van der Waals surface area contributed by atoms with E-state index in [0.717, 1.165) is 19.5 Å². The molecule has 2 heterocycles. The Hall–Kier alpha value is -0.830. The van der Waals surface area contributed by atoms with Crippen LogP contribution in [0.5, 0.6) is 0 Å². The van der Waals surface area contributed by atoms with Crippen molar-refractivity contribution < 1.29 is 0 Å². The van der Waals surface area contributed by atoms with Gasteiger partial charge in [0.15, 0.2) is 0 Å². The molecule has 1 aromatic rings. The summed E-state index contributed by atoms with van der Waals surface area (Å²) in [4.78, 5) is 4.48. The summed E-state index contributed by atoms with van der Waals surface area (Å²) in [6.45, 7) is 6.73. The van der Waals surface area contributed by atoms with Crippen LogP contribution in [0.1, 0.15) is 37.7 Å². The third kappa shape index (κ3) is 1.12. The summed E-state index contributed by atoms with van der Waals surface area (Å²) in [6, 6.07) is 0.705. The molecule has 1 N–H and O–H groups in total. The Morgan fingerprint density at radius 1 is 1.57 bits per heavy atom. The summed E-state index contributed by atoms with van der Waals surface area (Å²) in [7, 11) is 0. The van der Waals surface area contributed by atoms with Crippen molar-refractivity contribution >= 4 is 0 Å². The fourth-order valence-electron chi connectivity index (χ4n) is 2.44. The average molecular weight is 191 g/mol. The zero-order valence-corrected chi connectivity index (χ0v) is 8.88. The predicted octanol–water partition coefficient (Wildman–Crippen LogP) is 1.50. The second-order valence-corrected chi connectivity index (χ2v) is 5.18. The molecular formula is C11H17N3. The first-order valence-corrected chi connectivity index (χ1v) is 5.44. The summed E-state index contributed by atoms with van der Waals surface area (Å²) in [6.07, 6.45) is 4.49. The Labute approximate surface area is 84.5 Å². The molecule has 3 rings (SSSR count). The van der Waals surface area contributed by atoms with Crippen molar-refractivity contribution in [3.63, 3.8) is 0 Å². The van der Waals surface area contributed by atoms with Crippen LogP contribution in [0.15, 0.2) is 6.33 Å². The van der Waals surface area contributed by atoms with Gasteiger partial charge in [0.1, 0.15) is 0 Å². The molecule has 3 heteroatoms. The van der Waals surface area contributed by atoms with E-state index in [1.54, 1.807) is 0 Å². The zero-order chi connectivity index (χ0) is 9.76. The average Bonchev–Trinajstić information content (AvgIpc) is 2.63. The molecule has 1 aliphatic carbocycles. The molecular weight excluding hydrogens is 174 g/mol. The third-order valence-corrected chi connectivity index (χ3v) is 3.61. The summed E-state index contributed by atoms with van der Waals surface area (Å²) in [5.41, 5.74) is 3.23. The van der Waals surface area contributed by atoms with Gasteiger partial charge >= 0.3 is 0 Å². The van der Waals surface area contributed by atoms with Gasteiger partial charge in [-0.3, -0.25) is 0 Å². The lowest BCUT2D eigenvalue weighted by atomic mass is 10.1. The summed E-state index contributed by atoms with van der Waals surface area (Å²) in [5.74, 6) is 0. The van der Waals surface area contributed by atoms with Gasteiger partial charge < -0.3 is 9.88 Å². The van der Waals surface area contributed by atoms with E-state index in [1.165, 1.54) is 17.8 Å². The van der Waals surface area contributed by atoms with Crippen molar-refractivity contribution in [3.05, 3.63) is 17.7 Å². The van der Waals surface area contributed by atoms with Crippen LogP contribution in [-0.4, -0.2) is 16.1 Å². The van der Waals surface area contributed by atoms with E-state index in [2.05, 4.69) is 28.7 Å². The van der Waals surface area contributed by atoms with Crippen molar-refractivity contribution in [1.82, 2.24) is 14.9 Å². The number of aromatic nitrogens is 2. The number of nitrogens with one attached hydrogen (secondary N) is 1. The molecule has 0 radical (unpaired) electrons. The van der Waals surface area contributed by atoms with Gasteiger partial charge in [-0.1, -0.05) is 13.8 Å². The largest absolute Gasteiger partial charge is 0.331 e. The van der Waals surface area contributed by atoms with Crippen molar-refractivity contribution in [2.45, 2.75) is 39.3 Å². The standard InChI is InChI=1S/C11H17N3/c1-11(2)5-10(11)14-7-13-8-6-12-4-3-9(8)14/h7,10,12H,3-6H2,1-2H3. The lowest BCUT2D eigenvalue weighted by molar-refractivity contribution is 0.516. The van der Waals surface area contributed by atoms with Gasteiger partial charge in [-0.2, -0.15) is 0 Å². The van der Waals surface area contributed by atoms with E-state index >= 15 is 0 Å². The maximum atomic E-state index is 4.48. The van der Waals surface area contributed by atoms with E-state index in [9.17, 15) is 0 Å². The van der Waals surface area contributed by atoms with Crippen LogP contribution in [0, 0.1) is 5.41 Å². The van der Waals surface area contributed by atoms with Crippen LogP contribution < -0.4 is 5.32 Å². The second-order valence-electron chi connectivity index (χ2n) is 5.18. The number of hydrogen-bond acceptors (Lipinski definition) is 2. The normalized spacial score (nSPS) is 28.6. The van der Waals surface area contributed by atoms with Crippen LogP contribution in [0.3, 0.4) is 0 Å². The lowest BCUT2D eigenvalue weighted by Gasteiger charge is -2.16. The third-order valence-electron chi connectivity index (χ3n) is 3.61. The summed E-state index contributed by atoms with van der Waals surface area (Å²) < 4.78 is 2.41. The van der Waals surface area contributed by atoms with Crippen LogP contribution >= 0.6 is 0 Å². The molecule has 1 unspecified atom stereocenters. The van der Waals surface area contributed by atoms with E-state index in [1.807, 2.05) is 6.33 Å². The number of fused-ring (bicyclic) bond motifs is 1. The van der Waals surface area contributed by atoms with Gasteiger partial charge in [-0.05, 0) is 11.8 Å². The molecule has 0 saturated heterocycles. The number of hydrogen-bond donors (Lipinski definition) is 1. The van der Waals surface area contributed by atoms with Crippen LogP contribution in [0.4, 0.5) is 0 Å². The molecule has 0 spiro atoms. The molecule has 0 aromatic carbocycles. The number of imidazole rings is 1. The van der Waals surface area contributed by atoms with Crippen molar-refractivity contribution in [2.75, 3.05) is 6.54 Å². The fraction of sp³-hybridized carbons (Fsp3) is 0.727. The van der Waals surface area contributed by atoms with Gasteiger partial charge in [-0.25, -0.2) is 4.98 Å². The first kappa shape index (κ1) is 8.48. The Kier molecular flexibility index (Phi) is 1.57. The molecule has 0 amide bonds. The highest BCUT2D eigenvalue weighted by Crippen LogP contribution is 2.56. The molecule has 0 bridgehead atoms. The fourth-order valence-corrected chi connectivity index (χ4v) is 2.44. The monoisotopic (exact) mass is 191 g/mol. The van der Waals surface area contributed by atoms with Crippen molar-refractivity contribution in [2.24, 2.45) is 5.41 Å². The van der Waals surface area contributed by atoms with Gasteiger partial charge in [0.25, 0.3) is 0 Å². The lowest BCUT2D eigenvalue weighted by Crippen LogP contribution is -2.25. The summed E-state index contributed by atoms with van der Waals surface area (Å²) in [5, 5.41) is 3.36. The van der Waals surface area contributed by atoms with E-state index < -0.39 is 0 Å². The molecule has 1 aromatic heterocycles. The molecule has 3 nitrogen and oxygen atoms in total. The molecule has 1 saturated carbocycles. The number of nitrogens with zero attached hydrogens (tertiary/aromatic N) is 2. The minimum absolute atomic E-state index is 0.499. The highest BCUT2D eigenvalue weighted by Gasteiger charge is 2.47. The van der Waals surface area contributed by atoms with Gasteiger partial charge in [-0.15, -0.1) is 0 Å².